The van der Waals surface area contributed by atoms with E-state index in [1.165, 1.54) is 10.6 Å². The van der Waals surface area contributed by atoms with E-state index in [4.69, 9.17) is 0 Å². The fourth-order valence-corrected chi connectivity index (χ4v) is 3.32. The quantitative estimate of drug-likeness (QED) is 0.921. The molecule has 0 bridgehead atoms. The van der Waals surface area contributed by atoms with Crippen molar-refractivity contribution in [2.75, 3.05) is 24.7 Å². The first kappa shape index (κ1) is 15.0. The number of anilines is 1. The van der Waals surface area contributed by atoms with Crippen molar-refractivity contribution >= 4 is 21.6 Å². The molecule has 1 saturated heterocycles. The third kappa shape index (κ3) is 3.58. The zero-order chi connectivity index (χ0) is 14.8. The zero-order valence-corrected chi connectivity index (χ0v) is 12.6. The molecule has 1 atom stereocenters. The molecule has 6 heteroatoms. The number of amides is 1. The summed E-state index contributed by atoms with van der Waals surface area (Å²) >= 11 is 0. The highest BCUT2D eigenvalue weighted by Gasteiger charge is 2.30. The molecule has 1 aliphatic rings. The predicted molar refractivity (Wildman–Crippen MR) is 78.9 cm³/mol. The first-order valence-corrected chi connectivity index (χ1v) is 8.54. The van der Waals surface area contributed by atoms with E-state index in [-0.39, 0.29) is 18.4 Å². The topological polar surface area (TPSA) is 66.5 Å². The number of nitrogens with one attached hydrogen (secondary N) is 1. The van der Waals surface area contributed by atoms with E-state index in [9.17, 15) is 13.2 Å². The van der Waals surface area contributed by atoms with E-state index >= 15 is 0 Å². The summed E-state index contributed by atoms with van der Waals surface area (Å²) in [4.78, 5) is 12.3. The molecule has 110 valence electrons. The van der Waals surface area contributed by atoms with Crippen LogP contribution in [-0.2, 0) is 14.8 Å². The average molecular weight is 296 g/mol. The summed E-state index contributed by atoms with van der Waals surface area (Å²) in [5, 5.41) is 2.89. The van der Waals surface area contributed by atoms with Gasteiger partial charge in [0.1, 0.15) is 0 Å². The van der Waals surface area contributed by atoms with Gasteiger partial charge in [-0.3, -0.25) is 4.79 Å². The van der Waals surface area contributed by atoms with Gasteiger partial charge in [0.05, 0.1) is 12.2 Å². The van der Waals surface area contributed by atoms with Crippen LogP contribution in [0.5, 0.6) is 0 Å². The molecule has 0 radical (unpaired) electrons. The molecule has 1 aliphatic heterocycles. The number of carbonyl (C=O) groups excluding carboxylic acids is 1. The summed E-state index contributed by atoms with van der Waals surface area (Å²) in [6, 6.07) is 7.56. The minimum Gasteiger partial charge on any atom is -0.326 e. The molecule has 0 saturated carbocycles. The number of para-hydroxylation sites is 1. The molecule has 1 heterocycles. The Labute approximate surface area is 120 Å². The molecule has 0 spiro atoms. The molecule has 0 unspecified atom stereocenters. The Balaban J connectivity index is 2.04. The number of hydrogen-bond acceptors (Lipinski definition) is 3. The monoisotopic (exact) mass is 296 g/mol. The van der Waals surface area contributed by atoms with Gasteiger partial charge in [-0.15, -0.1) is 0 Å². The second kappa shape index (κ2) is 5.93. The largest absolute Gasteiger partial charge is 0.326 e. The van der Waals surface area contributed by atoms with Crippen molar-refractivity contribution in [3.05, 3.63) is 29.8 Å². The molecule has 20 heavy (non-hydrogen) atoms. The van der Waals surface area contributed by atoms with Crippen LogP contribution in [0.2, 0.25) is 0 Å². The van der Waals surface area contributed by atoms with Gasteiger partial charge in [-0.1, -0.05) is 18.2 Å². The Hall–Kier alpha value is -1.40. The van der Waals surface area contributed by atoms with Gasteiger partial charge in [0.2, 0.25) is 15.9 Å². The van der Waals surface area contributed by atoms with Gasteiger partial charge in [0, 0.05) is 18.8 Å². The van der Waals surface area contributed by atoms with Crippen LogP contribution in [0, 0.1) is 12.8 Å². The van der Waals surface area contributed by atoms with E-state index in [0.29, 0.717) is 6.54 Å². The second-order valence-electron chi connectivity index (χ2n) is 5.26. The van der Waals surface area contributed by atoms with E-state index in [1.54, 1.807) is 0 Å². The molecule has 1 N–H and O–H groups in total. The predicted octanol–water partition coefficient (Wildman–Crippen LogP) is 1.61. The SMILES string of the molecule is Cc1ccccc1NC(=O)[C@@H]1CCCN(S(C)(=O)=O)C1. The maximum Gasteiger partial charge on any atom is 0.228 e. The minimum absolute atomic E-state index is 0.104. The molecule has 0 aliphatic carbocycles. The second-order valence-corrected chi connectivity index (χ2v) is 7.25. The Kier molecular flexibility index (Phi) is 4.45. The summed E-state index contributed by atoms with van der Waals surface area (Å²) in [5.74, 6) is -0.384. The van der Waals surface area contributed by atoms with Crippen molar-refractivity contribution in [1.82, 2.24) is 4.31 Å². The summed E-state index contributed by atoms with van der Waals surface area (Å²) in [6.07, 6.45) is 2.64. The molecular formula is C14H20N2O3S. The molecule has 5 nitrogen and oxygen atoms in total. The van der Waals surface area contributed by atoms with E-state index in [0.717, 1.165) is 24.1 Å². The zero-order valence-electron chi connectivity index (χ0n) is 11.8. The fourth-order valence-electron chi connectivity index (χ4n) is 2.41. The molecular weight excluding hydrogens is 276 g/mol. The van der Waals surface area contributed by atoms with E-state index in [1.807, 2.05) is 31.2 Å². The fraction of sp³-hybridized carbons (Fsp3) is 0.500. The van der Waals surface area contributed by atoms with Crippen LogP contribution in [0.1, 0.15) is 18.4 Å². The Morgan fingerprint density at radius 3 is 2.70 bits per heavy atom. The van der Waals surface area contributed by atoms with E-state index in [2.05, 4.69) is 5.32 Å². The normalized spacial score (nSPS) is 20.6. The molecule has 2 rings (SSSR count). The van der Waals surface area contributed by atoms with Crippen LogP contribution in [0.15, 0.2) is 24.3 Å². The molecule has 1 aromatic carbocycles. The number of rotatable bonds is 3. The minimum atomic E-state index is -3.22. The molecule has 1 fully saturated rings. The first-order valence-electron chi connectivity index (χ1n) is 6.69. The number of hydrogen-bond donors (Lipinski definition) is 1. The van der Waals surface area contributed by atoms with Gasteiger partial charge < -0.3 is 5.32 Å². The van der Waals surface area contributed by atoms with Gasteiger partial charge >= 0.3 is 0 Å². The third-order valence-electron chi connectivity index (χ3n) is 3.63. The summed E-state index contributed by atoms with van der Waals surface area (Å²) in [5.41, 5.74) is 1.78. The lowest BCUT2D eigenvalue weighted by atomic mass is 9.98. The van der Waals surface area contributed by atoms with Gasteiger partial charge in [-0.2, -0.15) is 0 Å². The Morgan fingerprint density at radius 2 is 2.05 bits per heavy atom. The van der Waals surface area contributed by atoms with E-state index < -0.39 is 10.0 Å². The van der Waals surface area contributed by atoms with Crippen molar-refractivity contribution in [1.29, 1.82) is 0 Å². The number of nitrogens with zero attached hydrogens (tertiary/aromatic N) is 1. The maximum atomic E-state index is 12.3. The van der Waals surface area contributed by atoms with Crippen molar-refractivity contribution < 1.29 is 13.2 Å². The highest BCUT2D eigenvalue weighted by Crippen LogP contribution is 2.21. The Bertz CT molecular complexity index is 598. The number of sulfonamides is 1. The molecule has 1 amide bonds. The van der Waals surface area contributed by atoms with Gasteiger partial charge in [0.25, 0.3) is 0 Å². The van der Waals surface area contributed by atoms with Gasteiger partial charge in [-0.25, -0.2) is 12.7 Å². The van der Waals surface area contributed by atoms with Gasteiger partial charge in [0.15, 0.2) is 0 Å². The summed E-state index contributed by atoms with van der Waals surface area (Å²) < 4.78 is 24.5. The van der Waals surface area contributed by atoms with Crippen LogP contribution in [0.25, 0.3) is 0 Å². The molecule has 1 aromatic rings. The van der Waals surface area contributed by atoms with Crippen LogP contribution >= 0.6 is 0 Å². The lowest BCUT2D eigenvalue weighted by molar-refractivity contribution is -0.120. The standard InChI is InChI=1S/C14H20N2O3S/c1-11-6-3-4-8-13(11)15-14(17)12-7-5-9-16(10-12)20(2,18)19/h3-4,6,8,12H,5,7,9-10H2,1-2H3,(H,15,17)/t12-/m1/s1. The number of aryl methyl sites for hydroxylation is 1. The highest BCUT2D eigenvalue weighted by molar-refractivity contribution is 7.88. The lowest BCUT2D eigenvalue weighted by Crippen LogP contribution is -2.43. The highest BCUT2D eigenvalue weighted by atomic mass is 32.2. The third-order valence-corrected chi connectivity index (χ3v) is 4.90. The van der Waals surface area contributed by atoms with Crippen molar-refractivity contribution in [3.63, 3.8) is 0 Å². The average Bonchev–Trinajstić information content (AvgIpc) is 2.40. The summed E-state index contributed by atoms with van der Waals surface area (Å²) in [7, 11) is -3.22. The Morgan fingerprint density at radius 1 is 1.35 bits per heavy atom. The summed E-state index contributed by atoms with van der Waals surface area (Å²) in [6.45, 7) is 2.71. The molecule has 0 aromatic heterocycles. The smallest absolute Gasteiger partial charge is 0.228 e. The number of benzene rings is 1. The maximum absolute atomic E-state index is 12.3. The van der Waals surface area contributed by atoms with Crippen LogP contribution in [-0.4, -0.2) is 38.0 Å². The first-order chi connectivity index (χ1) is 9.38. The van der Waals surface area contributed by atoms with Crippen LogP contribution in [0.3, 0.4) is 0 Å². The lowest BCUT2D eigenvalue weighted by Gasteiger charge is -2.30. The van der Waals surface area contributed by atoms with Crippen LogP contribution in [0.4, 0.5) is 5.69 Å². The number of piperidine rings is 1. The van der Waals surface area contributed by atoms with Gasteiger partial charge in [-0.05, 0) is 31.4 Å². The van der Waals surface area contributed by atoms with Crippen molar-refractivity contribution in [3.8, 4) is 0 Å². The van der Waals surface area contributed by atoms with Crippen molar-refractivity contribution in [2.45, 2.75) is 19.8 Å². The van der Waals surface area contributed by atoms with Crippen molar-refractivity contribution in [2.24, 2.45) is 5.92 Å². The van der Waals surface area contributed by atoms with Crippen LogP contribution < -0.4 is 5.32 Å². The number of carbonyl (C=O) groups is 1.